The van der Waals surface area contributed by atoms with Crippen LogP contribution in [-0.4, -0.2) is 55.5 Å². The lowest BCUT2D eigenvalue weighted by Gasteiger charge is -2.30. The number of imide groups is 1. The number of carbonyl (C=O) groups excluding carboxylic acids is 2. The highest BCUT2D eigenvalue weighted by molar-refractivity contribution is 6.21. The first kappa shape index (κ1) is 18.5. The van der Waals surface area contributed by atoms with Crippen LogP contribution in [-0.2, 0) is 13.0 Å². The summed E-state index contributed by atoms with van der Waals surface area (Å²) in [6.07, 6.45) is 1.71. The second-order valence-corrected chi connectivity index (χ2v) is 7.16. The van der Waals surface area contributed by atoms with Gasteiger partial charge in [-0.1, -0.05) is 12.1 Å². The summed E-state index contributed by atoms with van der Waals surface area (Å²) in [7, 11) is 3.30. The average molecular weight is 380 g/mol. The van der Waals surface area contributed by atoms with Crippen molar-refractivity contribution in [2.45, 2.75) is 19.4 Å². The third-order valence-corrected chi connectivity index (χ3v) is 5.53. The van der Waals surface area contributed by atoms with Crippen LogP contribution in [0.2, 0.25) is 0 Å². The molecule has 2 aliphatic rings. The van der Waals surface area contributed by atoms with Crippen molar-refractivity contribution in [1.29, 1.82) is 0 Å². The summed E-state index contributed by atoms with van der Waals surface area (Å²) in [6, 6.07) is 11.1. The molecule has 0 fully saturated rings. The highest BCUT2D eigenvalue weighted by Crippen LogP contribution is 2.33. The third kappa shape index (κ3) is 3.24. The van der Waals surface area contributed by atoms with Crippen LogP contribution in [0.5, 0.6) is 11.5 Å². The molecule has 6 nitrogen and oxygen atoms in total. The third-order valence-electron chi connectivity index (χ3n) is 5.53. The molecule has 4 rings (SSSR count). The lowest BCUT2D eigenvalue weighted by molar-refractivity contribution is 0.0646. The predicted octanol–water partition coefficient (Wildman–Crippen LogP) is 2.75. The Morgan fingerprint density at radius 2 is 1.50 bits per heavy atom. The van der Waals surface area contributed by atoms with Crippen LogP contribution < -0.4 is 9.47 Å². The topological polar surface area (TPSA) is 59.1 Å². The fraction of sp³-hybridized carbons (Fsp3) is 0.364. The van der Waals surface area contributed by atoms with E-state index in [9.17, 15) is 9.59 Å². The molecule has 0 aromatic heterocycles. The van der Waals surface area contributed by atoms with E-state index in [-0.39, 0.29) is 11.8 Å². The van der Waals surface area contributed by atoms with Gasteiger partial charge in [0.15, 0.2) is 11.5 Å². The highest BCUT2D eigenvalue weighted by Gasteiger charge is 2.34. The van der Waals surface area contributed by atoms with Crippen molar-refractivity contribution in [1.82, 2.24) is 9.80 Å². The number of rotatable bonds is 6. The summed E-state index contributed by atoms with van der Waals surface area (Å²) in [5.41, 5.74) is 3.56. The summed E-state index contributed by atoms with van der Waals surface area (Å²) in [6.45, 7) is 3.06. The van der Waals surface area contributed by atoms with Crippen LogP contribution in [0.1, 0.15) is 38.3 Å². The minimum atomic E-state index is -0.179. The Morgan fingerprint density at radius 1 is 0.893 bits per heavy atom. The van der Waals surface area contributed by atoms with E-state index in [4.69, 9.17) is 9.47 Å². The lowest BCUT2D eigenvalue weighted by atomic mass is 9.98. The molecule has 2 aliphatic heterocycles. The zero-order valence-electron chi connectivity index (χ0n) is 16.2. The number of ether oxygens (including phenoxy) is 2. The number of hydrogen-bond acceptors (Lipinski definition) is 5. The second-order valence-electron chi connectivity index (χ2n) is 7.16. The van der Waals surface area contributed by atoms with Crippen molar-refractivity contribution >= 4 is 11.8 Å². The van der Waals surface area contributed by atoms with E-state index in [1.54, 1.807) is 38.5 Å². The molecule has 2 aromatic rings. The van der Waals surface area contributed by atoms with E-state index in [0.29, 0.717) is 17.7 Å². The maximum atomic E-state index is 12.4. The smallest absolute Gasteiger partial charge is 0.261 e. The van der Waals surface area contributed by atoms with Crippen molar-refractivity contribution in [3.05, 3.63) is 58.7 Å². The Hall–Kier alpha value is -2.86. The van der Waals surface area contributed by atoms with Gasteiger partial charge in [-0.3, -0.25) is 19.4 Å². The quantitative estimate of drug-likeness (QED) is 0.722. The number of nitrogens with zero attached hydrogens (tertiary/aromatic N) is 2. The van der Waals surface area contributed by atoms with Crippen LogP contribution >= 0.6 is 0 Å². The van der Waals surface area contributed by atoms with Gasteiger partial charge in [-0.05, 0) is 48.2 Å². The second kappa shape index (κ2) is 7.64. The van der Waals surface area contributed by atoms with E-state index in [1.165, 1.54) is 16.0 Å². The van der Waals surface area contributed by atoms with Gasteiger partial charge in [0, 0.05) is 26.2 Å². The summed E-state index contributed by atoms with van der Waals surface area (Å²) >= 11 is 0. The number of fused-ring (bicyclic) bond motifs is 2. The molecule has 2 aromatic carbocycles. The molecule has 0 bridgehead atoms. The first-order chi connectivity index (χ1) is 13.6. The molecule has 146 valence electrons. The van der Waals surface area contributed by atoms with Gasteiger partial charge in [0.05, 0.1) is 25.3 Å². The molecule has 0 atom stereocenters. The van der Waals surface area contributed by atoms with E-state index in [2.05, 4.69) is 11.0 Å². The minimum absolute atomic E-state index is 0.179. The van der Waals surface area contributed by atoms with Gasteiger partial charge >= 0.3 is 0 Å². The van der Waals surface area contributed by atoms with Gasteiger partial charge in [-0.15, -0.1) is 0 Å². The average Bonchev–Trinajstić information content (AvgIpc) is 2.97. The van der Waals surface area contributed by atoms with Crippen molar-refractivity contribution in [2.75, 3.05) is 33.9 Å². The zero-order chi connectivity index (χ0) is 19.7. The van der Waals surface area contributed by atoms with Crippen molar-refractivity contribution < 1.29 is 19.1 Å². The van der Waals surface area contributed by atoms with E-state index < -0.39 is 0 Å². The zero-order valence-corrected chi connectivity index (χ0v) is 16.2. The summed E-state index contributed by atoms with van der Waals surface area (Å²) < 4.78 is 10.8. The van der Waals surface area contributed by atoms with Crippen molar-refractivity contribution in [2.24, 2.45) is 0 Å². The Bertz CT molecular complexity index is 890. The number of carbonyl (C=O) groups is 2. The van der Waals surface area contributed by atoms with Gasteiger partial charge < -0.3 is 9.47 Å². The molecular weight excluding hydrogens is 356 g/mol. The van der Waals surface area contributed by atoms with E-state index in [0.717, 1.165) is 44.0 Å². The molecule has 0 spiro atoms. The fourth-order valence-electron chi connectivity index (χ4n) is 4.03. The van der Waals surface area contributed by atoms with Gasteiger partial charge in [-0.25, -0.2) is 0 Å². The molecular formula is C22H24N2O4. The number of hydrogen-bond donors (Lipinski definition) is 0. The maximum Gasteiger partial charge on any atom is 0.261 e. The number of methoxy groups -OCH3 is 2. The van der Waals surface area contributed by atoms with Gasteiger partial charge in [0.1, 0.15) is 0 Å². The largest absolute Gasteiger partial charge is 0.493 e. The van der Waals surface area contributed by atoms with E-state index in [1.807, 2.05) is 6.07 Å². The fourth-order valence-corrected chi connectivity index (χ4v) is 4.03. The Morgan fingerprint density at radius 3 is 2.11 bits per heavy atom. The van der Waals surface area contributed by atoms with Crippen LogP contribution in [0.4, 0.5) is 0 Å². The summed E-state index contributed by atoms with van der Waals surface area (Å²) in [4.78, 5) is 28.6. The molecule has 0 radical (unpaired) electrons. The number of benzene rings is 2. The normalized spacial score (nSPS) is 16.1. The molecule has 28 heavy (non-hydrogen) atoms. The molecule has 0 aliphatic carbocycles. The molecule has 6 heteroatoms. The summed E-state index contributed by atoms with van der Waals surface area (Å²) in [5.74, 6) is 1.15. The van der Waals surface area contributed by atoms with Crippen LogP contribution in [0.3, 0.4) is 0 Å². The Labute approximate surface area is 164 Å². The lowest BCUT2D eigenvalue weighted by Crippen LogP contribution is -2.35. The summed E-state index contributed by atoms with van der Waals surface area (Å²) in [5, 5.41) is 0. The number of amides is 2. The molecule has 0 saturated carbocycles. The van der Waals surface area contributed by atoms with Crippen LogP contribution in [0.15, 0.2) is 36.4 Å². The van der Waals surface area contributed by atoms with Gasteiger partial charge in [0.25, 0.3) is 11.8 Å². The van der Waals surface area contributed by atoms with Gasteiger partial charge in [0.2, 0.25) is 0 Å². The molecule has 0 unspecified atom stereocenters. The first-order valence-electron chi connectivity index (χ1n) is 9.53. The van der Waals surface area contributed by atoms with E-state index >= 15 is 0 Å². The highest BCUT2D eigenvalue weighted by atomic mass is 16.5. The van der Waals surface area contributed by atoms with Crippen LogP contribution in [0, 0.1) is 0 Å². The SMILES string of the molecule is COc1cc2c(cc1OC)CN(CCCN1C(=O)c3ccccc3C1=O)CC2. The molecule has 0 saturated heterocycles. The van der Waals surface area contributed by atoms with Crippen LogP contribution in [0.25, 0.3) is 0 Å². The van der Waals surface area contributed by atoms with Gasteiger partial charge in [-0.2, -0.15) is 0 Å². The predicted molar refractivity (Wildman–Crippen MR) is 105 cm³/mol. The first-order valence-corrected chi connectivity index (χ1v) is 9.53. The monoisotopic (exact) mass is 380 g/mol. The molecule has 2 amide bonds. The Kier molecular flexibility index (Phi) is 5.05. The Balaban J connectivity index is 1.36. The van der Waals surface area contributed by atoms with Crippen molar-refractivity contribution in [3.63, 3.8) is 0 Å². The maximum absolute atomic E-state index is 12.4. The van der Waals surface area contributed by atoms with Crippen molar-refractivity contribution in [3.8, 4) is 11.5 Å². The molecule has 2 heterocycles. The molecule has 0 N–H and O–H groups in total. The minimum Gasteiger partial charge on any atom is -0.493 e. The standard InChI is InChI=1S/C22H24N2O4/c1-27-19-12-15-8-11-23(14-16(15)13-20(19)28-2)9-5-10-24-21(25)17-6-3-4-7-18(17)22(24)26/h3-4,6-7,12-13H,5,8-11,14H2,1-2H3.